The number of ketones is 3. The first-order valence-electron chi connectivity index (χ1n) is 5.96. The van der Waals surface area contributed by atoms with E-state index in [1.54, 1.807) is 0 Å². The van der Waals surface area contributed by atoms with E-state index in [2.05, 4.69) is 0 Å². The van der Waals surface area contributed by atoms with Crippen LogP contribution in [0, 0.1) is 0 Å². The normalized spacial score (nSPS) is 11.4. The van der Waals surface area contributed by atoms with Crippen molar-refractivity contribution in [3.8, 4) is 0 Å². The summed E-state index contributed by atoms with van der Waals surface area (Å²) in [6, 6.07) is 0. The Bertz CT molecular complexity index is 363. The molecule has 0 radical (unpaired) electrons. The third-order valence-electron chi connectivity index (χ3n) is 1.22. The summed E-state index contributed by atoms with van der Waals surface area (Å²) in [6.07, 6.45) is 3.17. The fraction of sp³-hybridized carbons (Fsp3) is 0.400. The van der Waals surface area contributed by atoms with Crippen molar-refractivity contribution in [1.29, 1.82) is 0 Å². The van der Waals surface area contributed by atoms with Gasteiger partial charge in [-0.05, 0) is 39.0 Å². The van der Waals surface area contributed by atoms with E-state index >= 15 is 0 Å². The predicted molar refractivity (Wildman–Crippen MR) is 73.3 cm³/mol. The topological polar surface area (TPSA) is 120 Å². The monoisotopic (exact) mass is 297 g/mol. The van der Waals surface area contributed by atoms with Crippen LogP contribution in [0.3, 0.4) is 0 Å². The molecular formula is C15H21O6-3. The quantitative estimate of drug-likeness (QED) is 0.512. The molecule has 0 N–H and O–H groups in total. The Labute approximate surface area is 125 Å². The van der Waals surface area contributed by atoms with Gasteiger partial charge in [-0.15, -0.1) is 17.3 Å². The largest absolute Gasteiger partial charge is 0.876 e. The van der Waals surface area contributed by atoms with E-state index in [0.717, 1.165) is 18.2 Å². The van der Waals surface area contributed by atoms with E-state index in [0.29, 0.717) is 0 Å². The summed E-state index contributed by atoms with van der Waals surface area (Å²) in [6.45, 7) is 8.09. The molecule has 0 bridgehead atoms. The first-order chi connectivity index (χ1) is 9.38. The molecule has 0 aromatic rings. The first kappa shape index (κ1) is 23.7. The van der Waals surface area contributed by atoms with E-state index in [4.69, 9.17) is 0 Å². The lowest BCUT2D eigenvalue weighted by Crippen LogP contribution is -1.99. The van der Waals surface area contributed by atoms with Gasteiger partial charge in [0.1, 0.15) is 0 Å². The summed E-state index contributed by atoms with van der Waals surface area (Å²) < 4.78 is 0. The highest BCUT2D eigenvalue weighted by Crippen LogP contribution is 1.78. The second-order valence-corrected chi connectivity index (χ2v) is 4.10. The summed E-state index contributed by atoms with van der Waals surface area (Å²) in [5, 5.41) is 29.9. The Balaban J connectivity index is -0.000000231. The lowest BCUT2D eigenvalue weighted by Gasteiger charge is -1.98. The average molecular weight is 297 g/mol. The van der Waals surface area contributed by atoms with Crippen molar-refractivity contribution >= 4 is 17.3 Å². The Morgan fingerprint density at radius 2 is 0.667 bits per heavy atom. The first-order valence-corrected chi connectivity index (χ1v) is 5.96. The standard InChI is InChI=1S/3C5H8O2/c3*1-4(6)3-5(2)7/h3*3,6H,1-2H3/p-3/b3*4-3-. The van der Waals surface area contributed by atoms with Gasteiger partial charge in [0.15, 0.2) is 17.3 Å². The Kier molecular flexibility index (Phi) is 15.9. The third kappa shape index (κ3) is 46.4. The van der Waals surface area contributed by atoms with Crippen LogP contribution in [0.15, 0.2) is 35.5 Å². The third-order valence-corrected chi connectivity index (χ3v) is 1.22. The number of hydrogen-bond acceptors (Lipinski definition) is 6. The van der Waals surface area contributed by atoms with Crippen LogP contribution < -0.4 is 15.3 Å². The molecule has 6 nitrogen and oxygen atoms in total. The van der Waals surface area contributed by atoms with Crippen LogP contribution in [-0.4, -0.2) is 17.3 Å². The van der Waals surface area contributed by atoms with Crippen molar-refractivity contribution in [3.05, 3.63) is 35.5 Å². The van der Waals surface area contributed by atoms with Crippen molar-refractivity contribution < 1.29 is 29.7 Å². The molecule has 0 saturated carbocycles. The van der Waals surface area contributed by atoms with Gasteiger partial charge >= 0.3 is 0 Å². The van der Waals surface area contributed by atoms with Gasteiger partial charge in [-0.1, -0.05) is 20.8 Å². The lowest BCUT2D eigenvalue weighted by molar-refractivity contribution is -0.302. The molecule has 120 valence electrons. The Morgan fingerprint density at radius 3 is 0.667 bits per heavy atom. The maximum atomic E-state index is 9.98. The molecule has 0 rings (SSSR count). The Morgan fingerprint density at radius 1 is 0.524 bits per heavy atom. The van der Waals surface area contributed by atoms with Gasteiger partial charge in [-0.25, -0.2) is 0 Å². The summed E-state index contributed by atoms with van der Waals surface area (Å²) in [4.78, 5) is 29.9. The highest BCUT2D eigenvalue weighted by Gasteiger charge is 1.77. The summed E-state index contributed by atoms with van der Waals surface area (Å²) >= 11 is 0. The molecule has 0 aliphatic heterocycles. The van der Waals surface area contributed by atoms with Gasteiger partial charge in [0.05, 0.1) is 0 Å². The smallest absolute Gasteiger partial charge is 0.151 e. The molecule has 21 heavy (non-hydrogen) atoms. The second kappa shape index (κ2) is 14.0. The molecule has 0 aliphatic carbocycles. The zero-order valence-electron chi connectivity index (χ0n) is 13.2. The number of allylic oxidation sites excluding steroid dienone is 6. The number of carbonyl (C=O) groups is 3. The SMILES string of the molecule is CC(=O)/C=C(/C)[O-].CC(=O)/C=C(/C)[O-].CC(=O)/C=C(/C)[O-]. The van der Waals surface area contributed by atoms with Gasteiger partial charge in [-0.2, -0.15) is 0 Å². The molecule has 0 amide bonds. The highest BCUT2D eigenvalue weighted by atomic mass is 16.3. The molecule has 0 heterocycles. The Hall–Kier alpha value is -2.37. The molecule has 0 aromatic heterocycles. The molecule has 0 fully saturated rings. The number of carbonyl (C=O) groups excluding carboxylic acids is 3. The highest BCUT2D eigenvalue weighted by molar-refractivity contribution is 5.88. The van der Waals surface area contributed by atoms with E-state index in [9.17, 15) is 29.7 Å². The van der Waals surface area contributed by atoms with Gasteiger partial charge in [0.2, 0.25) is 0 Å². The summed E-state index contributed by atoms with van der Waals surface area (Å²) in [7, 11) is 0. The molecule has 0 unspecified atom stereocenters. The lowest BCUT2D eigenvalue weighted by atomic mass is 10.4. The maximum Gasteiger partial charge on any atom is 0.151 e. The van der Waals surface area contributed by atoms with Crippen molar-refractivity contribution in [3.63, 3.8) is 0 Å². The van der Waals surface area contributed by atoms with Crippen LogP contribution in [0.2, 0.25) is 0 Å². The molecular weight excluding hydrogens is 276 g/mol. The average Bonchev–Trinajstić information content (AvgIpc) is 2.10. The van der Waals surface area contributed by atoms with E-state index < -0.39 is 0 Å². The molecule has 6 heteroatoms. The second-order valence-electron chi connectivity index (χ2n) is 4.10. The van der Waals surface area contributed by atoms with Crippen LogP contribution in [-0.2, 0) is 14.4 Å². The minimum Gasteiger partial charge on any atom is -0.876 e. The minimum absolute atomic E-state index is 0.187. The van der Waals surface area contributed by atoms with Crippen molar-refractivity contribution in [2.24, 2.45) is 0 Å². The van der Waals surface area contributed by atoms with Gasteiger partial charge in [-0.3, -0.25) is 14.4 Å². The van der Waals surface area contributed by atoms with Crippen LogP contribution in [0.1, 0.15) is 41.5 Å². The van der Waals surface area contributed by atoms with E-state index in [1.807, 2.05) is 0 Å². The molecule has 0 saturated heterocycles. The minimum atomic E-state index is -0.187. The van der Waals surface area contributed by atoms with E-state index in [1.165, 1.54) is 41.5 Å². The van der Waals surface area contributed by atoms with Crippen molar-refractivity contribution in [2.75, 3.05) is 0 Å². The fourth-order valence-electron chi connectivity index (χ4n) is 0.859. The number of hydrogen-bond donors (Lipinski definition) is 0. The molecule has 0 aliphatic rings. The van der Waals surface area contributed by atoms with E-state index in [-0.39, 0.29) is 34.6 Å². The predicted octanol–water partition coefficient (Wildman–Crippen LogP) is -0.481. The zero-order chi connectivity index (χ0) is 17.6. The fourth-order valence-corrected chi connectivity index (χ4v) is 0.859. The van der Waals surface area contributed by atoms with Crippen LogP contribution in [0.25, 0.3) is 0 Å². The molecule has 0 atom stereocenters. The van der Waals surface area contributed by atoms with Gasteiger partial charge in [0.25, 0.3) is 0 Å². The van der Waals surface area contributed by atoms with Crippen LogP contribution in [0.5, 0.6) is 0 Å². The van der Waals surface area contributed by atoms with Crippen LogP contribution in [0.4, 0.5) is 0 Å². The maximum absolute atomic E-state index is 9.98. The van der Waals surface area contributed by atoms with Crippen molar-refractivity contribution in [2.45, 2.75) is 41.5 Å². The zero-order valence-corrected chi connectivity index (χ0v) is 13.2. The number of rotatable bonds is 3. The molecule has 0 aromatic carbocycles. The van der Waals surface area contributed by atoms with Gasteiger partial charge in [0, 0.05) is 0 Å². The summed E-state index contributed by atoms with van der Waals surface area (Å²) in [5.74, 6) is -1.12. The molecule has 0 spiro atoms. The summed E-state index contributed by atoms with van der Waals surface area (Å²) in [5.41, 5.74) is 0. The van der Waals surface area contributed by atoms with Crippen LogP contribution >= 0.6 is 0 Å². The van der Waals surface area contributed by atoms with Gasteiger partial charge < -0.3 is 15.3 Å². The van der Waals surface area contributed by atoms with Crippen molar-refractivity contribution in [1.82, 2.24) is 0 Å².